The number of alkyl halides is 3. The topological polar surface area (TPSA) is 39.7 Å². The Morgan fingerprint density at radius 1 is 1.40 bits per heavy atom. The number of halogens is 4. The van der Waals surface area contributed by atoms with Gasteiger partial charge in [0.15, 0.2) is 5.96 Å². The first-order chi connectivity index (χ1) is 11.9. The molecule has 1 heterocycles. The third-order valence-corrected chi connectivity index (χ3v) is 4.15. The van der Waals surface area contributed by atoms with Crippen LogP contribution in [0.2, 0.25) is 5.02 Å². The number of hydrogen-bond acceptors (Lipinski definition) is 2. The van der Waals surface area contributed by atoms with Crippen molar-refractivity contribution in [2.45, 2.75) is 32.0 Å². The summed E-state index contributed by atoms with van der Waals surface area (Å²) in [5.41, 5.74) is 1.10. The molecule has 0 amide bonds. The second-order valence-electron chi connectivity index (χ2n) is 6.12. The molecule has 1 unspecified atom stereocenters. The molecule has 0 saturated carbocycles. The molecule has 1 aromatic carbocycles. The minimum absolute atomic E-state index is 0.0219. The van der Waals surface area contributed by atoms with Gasteiger partial charge in [0.05, 0.1) is 6.54 Å². The van der Waals surface area contributed by atoms with Crippen molar-refractivity contribution in [3.63, 3.8) is 0 Å². The van der Waals surface area contributed by atoms with Crippen molar-refractivity contribution in [1.82, 2.24) is 15.5 Å². The van der Waals surface area contributed by atoms with Gasteiger partial charge in [0.25, 0.3) is 0 Å². The maximum absolute atomic E-state index is 12.5. The molecule has 0 radical (unpaired) electrons. The van der Waals surface area contributed by atoms with Gasteiger partial charge in [-0.3, -0.25) is 9.89 Å². The SMILES string of the molecule is CCNC(=NCCc1cccc(Cl)c1)NC1CCN(CC(F)(F)F)C1. The van der Waals surface area contributed by atoms with Crippen molar-refractivity contribution in [3.05, 3.63) is 34.9 Å². The number of hydrogen-bond donors (Lipinski definition) is 2. The highest BCUT2D eigenvalue weighted by molar-refractivity contribution is 6.30. The molecular formula is C17H24ClF3N4. The van der Waals surface area contributed by atoms with E-state index in [9.17, 15) is 13.2 Å². The van der Waals surface area contributed by atoms with Crippen LogP contribution >= 0.6 is 11.6 Å². The Bertz CT molecular complexity index is 577. The number of benzene rings is 1. The molecular weight excluding hydrogens is 353 g/mol. The maximum Gasteiger partial charge on any atom is 0.401 e. The molecule has 0 aliphatic carbocycles. The van der Waals surface area contributed by atoms with Crippen LogP contribution in [0, 0.1) is 0 Å². The summed E-state index contributed by atoms with van der Waals surface area (Å²) >= 11 is 5.96. The van der Waals surface area contributed by atoms with Gasteiger partial charge in [-0.25, -0.2) is 0 Å². The normalized spacial score (nSPS) is 19.2. The van der Waals surface area contributed by atoms with Crippen LogP contribution in [-0.2, 0) is 6.42 Å². The van der Waals surface area contributed by atoms with E-state index >= 15 is 0 Å². The Morgan fingerprint density at radius 2 is 2.20 bits per heavy atom. The molecule has 1 saturated heterocycles. The Labute approximate surface area is 151 Å². The predicted molar refractivity (Wildman–Crippen MR) is 95.2 cm³/mol. The zero-order valence-corrected chi connectivity index (χ0v) is 15.0. The molecule has 2 N–H and O–H groups in total. The van der Waals surface area contributed by atoms with Gasteiger partial charge in [0.2, 0.25) is 0 Å². The van der Waals surface area contributed by atoms with Gasteiger partial charge < -0.3 is 10.6 Å². The largest absolute Gasteiger partial charge is 0.401 e. The van der Waals surface area contributed by atoms with Gasteiger partial charge in [-0.15, -0.1) is 0 Å². The third kappa shape index (κ3) is 7.52. The number of aliphatic imine (C=N–C) groups is 1. The Hall–Kier alpha value is -1.47. The standard InChI is InChI=1S/C17H24ClF3N4/c1-2-22-16(23-8-6-13-4-3-5-14(18)10-13)24-15-7-9-25(11-15)12-17(19,20)21/h3-5,10,15H,2,6-9,11-12H2,1H3,(H2,22,23,24). The van der Waals surface area contributed by atoms with E-state index in [2.05, 4.69) is 15.6 Å². The van der Waals surface area contributed by atoms with Crippen molar-refractivity contribution < 1.29 is 13.2 Å². The first kappa shape index (κ1) is 19.8. The molecule has 25 heavy (non-hydrogen) atoms. The molecule has 1 aromatic rings. The number of rotatable bonds is 6. The summed E-state index contributed by atoms with van der Waals surface area (Å²) in [6.07, 6.45) is -2.72. The molecule has 1 atom stereocenters. The molecule has 0 aromatic heterocycles. The molecule has 2 rings (SSSR count). The van der Waals surface area contributed by atoms with E-state index in [4.69, 9.17) is 11.6 Å². The van der Waals surface area contributed by atoms with E-state index in [1.165, 1.54) is 4.90 Å². The lowest BCUT2D eigenvalue weighted by atomic mass is 10.1. The lowest BCUT2D eigenvalue weighted by Crippen LogP contribution is -2.45. The van der Waals surface area contributed by atoms with Crippen molar-refractivity contribution in [1.29, 1.82) is 0 Å². The van der Waals surface area contributed by atoms with Crippen LogP contribution in [0.1, 0.15) is 18.9 Å². The van der Waals surface area contributed by atoms with Crippen molar-refractivity contribution in [3.8, 4) is 0 Å². The van der Waals surface area contributed by atoms with E-state index in [1.807, 2.05) is 31.2 Å². The van der Waals surface area contributed by atoms with Crippen LogP contribution in [0.15, 0.2) is 29.3 Å². The van der Waals surface area contributed by atoms with Gasteiger partial charge in [-0.1, -0.05) is 23.7 Å². The molecule has 4 nitrogen and oxygen atoms in total. The number of nitrogens with zero attached hydrogens (tertiary/aromatic N) is 2. The quantitative estimate of drug-likeness (QED) is 0.592. The minimum atomic E-state index is -4.15. The molecule has 1 fully saturated rings. The van der Waals surface area contributed by atoms with Gasteiger partial charge in [0, 0.05) is 37.2 Å². The maximum atomic E-state index is 12.5. The van der Waals surface area contributed by atoms with Crippen LogP contribution in [0.5, 0.6) is 0 Å². The second kappa shape index (κ2) is 9.29. The fourth-order valence-electron chi connectivity index (χ4n) is 2.85. The number of nitrogens with one attached hydrogen (secondary N) is 2. The predicted octanol–water partition coefficient (Wildman–Crippen LogP) is 3.07. The summed E-state index contributed by atoms with van der Waals surface area (Å²) in [6.45, 7) is 3.19. The lowest BCUT2D eigenvalue weighted by Gasteiger charge is -2.19. The summed E-state index contributed by atoms with van der Waals surface area (Å²) in [5.74, 6) is 0.642. The van der Waals surface area contributed by atoms with Crippen molar-refractivity contribution in [2.24, 2.45) is 4.99 Å². The molecule has 1 aliphatic heterocycles. The Morgan fingerprint density at radius 3 is 2.88 bits per heavy atom. The summed E-state index contributed by atoms with van der Waals surface area (Å²) < 4.78 is 37.4. The van der Waals surface area contributed by atoms with E-state index in [1.54, 1.807) is 0 Å². The first-order valence-electron chi connectivity index (χ1n) is 8.44. The highest BCUT2D eigenvalue weighted by Crippen LogP contribution is 2.19. The van der Waals surface area contributed by atoms with Crippen LogP contribution in [0.25, 0.3) is 0 Å². The summed E-state index contributed by atoms with van der Waals surface area (Å²) in [6, 6.07) is 7.61. The molecule has 140 valence electrons. The Balaban J connectivity index is 1.83. The number of likely N-dealkylation sites (tertiary alicyclic amines) is 1. The zero-order valence-electron chi connectivity index (χ0n) is 14.2. The van der Waals surface area contributed by atoms with Crippen LogP contribution in [0.4, 0.5) is 13.2 Å². The van der Waals surface area contributed by atoms with Crippen molar-refractivity contribution >= 4 is 17.6 Å². The fourth-order valence-corrected chi connectivity index (χ4v) is 3.06. The van der Waals surface area contributed by atoms with E-state index in [0.717, 1.165) is 12.0 Å². The molecule has 0 spiro atoms. The highest BCUT2D eigenvalue weighted by atomic mass is 35.5. The Kier molecular flexibility index (Phi) is 7.38. The summed E-state index contributed by atoms with van der Waals surface area (Å²) in [4.78, 5) is 5.94. The average molecular weight is 377 g/mol. The first-order valence-corrected chi connectivity index (χ1v) is 8.82. The second-order valence-corrected chi connectivity index (χ2v) is 6.56. The minimum Gasteiger partial charge on any atom is -0.357 e. The molecule has 8 heteroatoms. The van der Waals surface area contributed by atoms with Gasteiger partial charge >= 0.3 is 6.18 Å². The zero-order chi connectivity index (χ0) is 18.3. The van der Waals surface area contributed by atoms with Gasteiger partial charge in [-0.05, 0) is 37.5 Å². The lowest BCUT2D eigenvalue weighted by molar-refractivity contribution is -0.143. The van der Waals surface area contributed by atoms with Crippen molar-refractivity contribution in [2.75, 3.05) is 32.7 Å². The van der Waals surface area contributed by atoms with Crippen LogP contribution in [0.3, 0.4) is 0 Å². The average Bonchev–Trinajstić information content (AvgIpc) is 2.92. The van der Waals surface area contributed by atoms with E-state index < -0.39 is 12.7 Å². The molecule has 1 aliphatic rings. The number of guanidine groups is 1. The monoisotopic (exact) mass is 376 g/mol. The smallest absolute Gasteiger partial charge is 0.357 e. The van der Waals surface area contributed by atoms with Crippen LogP contribution in [-0.4, -0.2) is 55.8 Å². The van der Waals surface area contributed by atoms with Gasteiger partial charge in [0.1, 0.15) is 0 Å². The van der Waals surface area contributed by atoms with Crippen LogP contribution < -0.4 is 10.6 Å². The van der Waals surface area contributed by atoms with Gasteiger partial charge in [-0.2, -0.15) is 13.2 Å². The van der Waals surface area contributed by atoms with E-state index in [-0.39, 0.29) is 6.04 Å². The molecule has 0 bridgehead atoms. The third-order valence-electron chi connectivity index (χ3n) is 3.92. The van der Waals surface area contributed by atoms with E-state index in [0.29, 0.717) is 43.6 Å². The fraction of sp³-hybridized carbons (Fsp3) is 0.588. The summed E-state index contributed by atoms with van der Waals surface area (Å²) in [7, 11) is 0. The summed E-state index contributed by atoms with van der Waals surface area (Å²) in [5, 5.41) is 7.07. The highest BCUT2D eigenvalue weighted by Gasteiger charge is 2.34.